The predicted molar refractivity (Wildman–Crippen MR) is 121 cm³/mol. The predicted octanol–water partition coefficient (Wildman–Crippen LogP) is 4.07. The van der Waals surface area contributed by atoms with Crippen LogP contribution in [-0.4, -0.2) is 36.5 Å². The summed E-state index contributed by atoms with van der Waals surface area (Å²) >= 11 is 1.84. The van der Waals surface area contributed by atoms with Gasteiger partial charge in [0.1, 0.15) is 0 Å². The number of likely N-dealkylation sites (tertiary alicyclic amines) is 1. The van der Waals surface area contributed by atoms with Crippen LogP contribution in [0.15, 0.2) is 17.5 Å². The number of hydrogen-bond acceptors (Lipinski definition) is 4. The van der Waals surface area contributed by atoms with E-state index in [2.05, 4.69) is 27.7 Å². The summed E-state index contributed by atoms with van der Waals surface area (Å²) < 4.78 is 0. The molecule has 3 atom stereocenters. The molecule has 7 heteroatoms. The summed E-state index contributed by atoms with van der Waals surface area (Å²) in [6, 6.07) is 4.70. The number of nitrogens with one attached hydrogen (secondary N) is 1. The molecule has 2 aliphatic carbocycles. The number of amides is 1. The standard InChI is InChI=1S/C21H33N3OS.2ClH/c22-20-16-5-1-6-17(20)11-18(10-16)21(25)23-12-15-4-2-8-24(13-15)14-19-7-3-9-26-19;;/h3,7,9,15-18,20H,1-2,4-6,8,10-14,22H2,(H,23,25);2*1H. The maximum Gasteiger partial charge on any atom is 0.223 e. The Labute approximate surface area is 185 Å². The average Bonchev–Trinajstić information content (AvgIpc) is 3.13. The van der Waals surface area contributed by atoms with Crippen LogP contribution in [0.25, 0.3) is 0 Å². The Morgan fingerprint density at radius 3 is 2.61 bits per heavy atom. The highest BCUT2D eigenvalue weighted by Gasteiger charge is 2.40. The molecule has 3 unspecified atom stereocenters. The van der Waals surface area contributed by atoms with Crippen LogP contribution in [0.1, 0.15) is 49.8 Å². The molecule has 3 fully saturated rings. The Morgan fingerprint density at radius 2 is 1.93 bits per heavy atom. The van der Waals surface area contributed by atoms with Crippen LogP contribution in [0.2, 0.25) is 0 Å². The second-order valence-electron chi connectivity index (χ2n) is 8.76. The monoisotopic (exact) mass is 447 g/mol. The minimum absolute atomic E-state index is 0. The molecule has 3 N–H and O–H groups in total. The van der Waals surface area contributed by atoms with Crippen molar-refractivity contribution in [1.29, 1.82) is 0 Å². The number of hydrogen-bond donors (Lipinski definition) is 2. The molecule has 0 aromatic carbocycles. The topological polar surface area (TPSA) is 58.4 Å². The Morgan fingerprint density at radius 1 is 1.18 bits per heavy atom. The minimum Gasteiger partial charge on any atom is -0.356 e. The quantitative estimate of drug-likeness (QED) is 0.714. The first-order chi connectivity index (χ1) is 12.7. The molecular weight excluding hydrogens is 413 g/mol. The molecule has 0 spiro atoms. The van der Waals surface area contributed by atoms with E-state index in [9.17, 15) is 4.79 Å². The summed E-state index contributed by atoms with van der Waals surface area (Å²) in [6.07, 6.45) is 8.26. The molecule has 160 valence electrons. The third-order valence-corrected chi connectivity index (χ3v) is 7.77. The van der Waals surface area contributed by atoms with Gasteiger partial charge in [0.25, 0.3) is 0 Å². The maximum atomic E-state index is 12.8. The number of nitrogens with zero attached hydrogens (tertiary/aromatic N) is 1. The van der Waals surface area contributed by atoms with Gasteiger partial charge in [-0.25, -0.2) is 0 Å². The van der Waals surface area contributed by atoms with E-state index in [1.165, 1.54) is 43.5 Å². The molecular formula is C21H35Cl2N3OS. The van der Waals surface area contributed by atoms with Crippen LogP contribution in [-0.2, 0) is 11.3 Å². The highest BCUT2D eigenvalue weighted by atomic mass is 35.5. The molecule has 1 aliphatic heterocycles. The van der Waals surface area contributed by atoms with Crippen molar-refractivity contribution in [2.45, 2.75) is 57.5 Å². The zero-order chi connectivity index (χ0) is 17.9. The number of nitrogens with two attached hydrogens (primary N) is 1. The number of carbonyl (C=O) groups is 1. The third kappa shape index (κ3) is 5.85. The van der Waals surface area contributed by atoms with Crippen molar-refractivity contribution in [3.8, 4) is 0 Å². The molecule has 4 rings (SSSR count). The molecule has 1 aromatic heterocycles. The lowest BCUT2D eigenvalue weighted by atomic mass is 9.65. The smallest absolute Gasteiger partial charge is 0.223 e. The number of carbonyl (C=O) groups excluding carboxylic acids is 1. The Bertz CT molecular complexity index is 586. The van der Waals surface area contributed by atoms with E-state index >= 15 is 0 Å². The van der Waals surface area contributed by atoms with Crippen molar-refractivity contribution in [2.24, 2.45) is 29.4 Å². The maximum absolute atomic E-state index is 12.8. The van der Waals surface area contributed by atoms with Crippen molar-refractivity contribution >= 4 is 42.1 Å². The fraction of sp³-hybridized carbons (Fsp3) is 0.762. The van der Waals surface area contributed by atoms with Crippen LogP contribution < -0.4 is 11.1 Å². The van der Waals surface area contributed by atoms with Gasteiger partial charge < -0.3 is 11.1 Å². The molecule has 3 aliphatic rings. The normalized spacial score (nSPS) is 32.7. The van der Waals surface area contributed by atoms with E-state index in [-0.39, 0.29) is 30.7 Å². The average molecular weight is 449 g/mol. The lowest BCUT2D eigenvalue weighted by molar-refractivity contribution is -0.128. The molecule has 1 saturated heterocycles. The number of fused-ring (bicyclic) bond motifs is 2. The van der Waals surface area contributed by atoms with E-state index in [1.54, 1.807) is 0 Å². The van der Waals surface area contributed by atoms with Gasteiger partial charge in [-0.15, -0.1) is 36.2 Å². The van der Waals surface area contributed by atoms with Crippen molar-refractivity contribution < 1.29 is 4.79 Å². The summed E-state index contributed by atoms with van der Waals surface area (Å²) in [5, 5.41) is 5.46. The van der Waals surface area contributed by atoms with E-state index in [1.807, 2.05) is 11.3 Å². The van der Waals surface area contributed by atoms with Crippen molar-refractivity contribution in [2.75, 3.05) is 19.6 Å². The molecule has 0 radical (unpaired) electrons. The van der Waals surface area contributed by atoms with Crippen molar-refractivity contribution in [1.82, 2.24) is 10.2 Å². The van der Waals surface area contributed by atoms with Gasteiger partial charge >= 0.3 is 0 Å². The van der Waals surface area contributed by atoms with E-state index < -0.39 is 0 Å². The summed E-state index contributed by atoms with van der Waals surface area (Å²) in [4.78, 5) is 16.7. The van der Waals surface area contributed by atoms with Gasteiger partial charge in [-0.05, 0) is 74.3 Å². The third-order valence-electron chi connectivity index (χ3n) is 6.91. The summed E-state index contributed by atoms with van der Waals surface area (Å²) in [5.41, 5.74) is 6.37. The molecule has 2 bridgehead atoms. The first kappa shape index (κ1) is 23.9. The van der Waals surface area contributed by atoms with Crippen LogP contribution in [0.3, 0.4) is 0 Å². The van der Waals surface area contributed by atoms with Gasteiger partial charge in [0.05, 0.1) is 0 Å². The molecule has 1 aromatic rings. The number of rotatable bonds is 5. The van der Waals surface area contributed by atoms with E-state index in [4.69, 9.17) is 5.73 Å². The van der Waals surface area contributed by atoms with Gasteiger partial charge in [0.2, 0.25) is 5.91 Å². The van der Waals surface area contributed by atoms with Crippen molar-refractivity contribution in [3.05, 3.63) is 22.4 Å². The fourth-order valence-electron chi connectivity index (χ4n) is 5.48. The molecule has 2 heterocycles. The van der Waals surface area contributed by atoms with Gasteiger partial charge in [0, 0.05) is 36.5 Å². The molecule has 28 heavy (non-hydrogen) atoms. The Kier molecular flexibility index (Phi) is 9.55. The highest BCUT2D eigenvalue weighted by molar-refractivity contribution is 7.09. The number of halogens is 2. The van der Waals surface area contributed by atoms with Crippen LogP contribution >= 0.6 is 36.2 Å². The van der Waals surface area contributed by atoms with E-state index in [0.717, 1.165) is 32.5 Å². The van der Waals surface area contributed by atoms with Crippen LogP contribution in [0.5, 0.6) is 0 Å². The fourth-order valence-corrected chi connectivity index (χ4v) is 6.22. The highest BCUT2D eigenvalue weighted by Crippen LogP contribution is 2.41. The first-order valence-electron chi connectivity index (χ1n) is 10.5. The second kappa shape index (κ2) is 11.2. The molecule has 1 amide bonds. The zero-order valence-corrected chi connectivity index (χ0v) is 19.0. The molecule has 4 nitrogen and oxygen atoms in total. The minimum atomic E-state index is 0. The van der Waals surface area contributed by atoms with Gasteiger partial charge in [-0.2, -0.15) is 0 Å². The van der Waals surface area contributed by atoms with Gasteiger partial charge in [-0.3, -0.25) is 9.69 Å². The molecule has 2 saturated carbocycles. The Balaban J connectivity index is 0.00000140. The first-order valence-corrected chi connectivity index (χ1v) is 11.3. The van der Waals surface area contributed by atoms with Crippen LogP contribution in [0, 0.1) is 23.7 Å². The summed E-state index contributed by atoms with van der Waals surface area (Å²) in [5.74, 6) is 2.25. The van der Waals surface area contributed by atoms with Crippen molar-refractivity contribution in [3.63, 3.8) is 0 Å². The number of piperidine rings is 1. The number of thiophene rings is 1. The SMILES string of the molecule is Cl.Cl.NC1C2CCCC1CC(C(=O)NCC1CCCN(Cc3cccs3)C1)C2. The zero-order valence-electron chi connectivity index (χ0n) is 16.6. The van der Waals surface area contributed by atoms with Gasteiger partial charge in [-0.1, -0.05) is 12.5 Å². The lowest BCUT2D eigenvalue weighted by Gasteiger charge is -2.43. The summed E-state index contributed by atoms with van der Waals surface area (Å²) in [7, 11) is 0. The lowest BCUT2D eigenvalue weighted by Crippen LogP contribution is -2.49. The second-order valence-corrected chi connectivity index (χ2v) is 9.80. The van der Waals surface area contributed by atoms with Crippen LogP contribution in [0.4, 0.5) is 0 Å². The van der Waals surface area contributed by atoms with Gasteiger partial charge in [0.15, 0.2) is 0 Å². The largest absolute Gasteiger partial charge is 0.356 e. The summed E-state index contributed by atoms with van der Waals surface area (Å²) in [6.45, 7) is 4.20. The Hall–Kier alpha value is -0.330. The van der Waals surface area contributed by atoms with E-state index in [0.29, 0.717) is 29.7 Å².